The minimum atomic E-state index is -0.557. The highest BCUT2D eigenvalue weighted by Crippen LogP contribution is 2.31. The molecule has 1 amide bonds. The zero-order valence-corrected chi connectivity index (χ0v) is 21.6. The number of nitro groups is 1. The highest BCUT2D eigenvalue weighted by atomic mass is 32.1. The molecular formula is C27H25N5O5S. The Labute approximate surface area is 223 Å². The third kappa shape index (κ3) is 5.34. The number of hydrogen-bond donors (Lipinski definition) is 2. The summed E-state index contributed by atoms with van der Waals surface area (Å²) in [4.78, 5) is 30.5. The summed E-state index contributed by atoms with van der Waals surface area (Å²) >= 11 is 5.32. The molecule has 1 fully saturated rings. The van der Waals surface area contributed by atoms with Gasteiger partial charge in [0.2, 0.25) is 5.89 Å². The van der Waals surface area contributed by atoms with Crippen molar-refractivity contribution >= 4 is 51.4 Å². The van der Waals surface area contributed by atoms with E-state index in [4.69, 9.17) is 21.4 Å². The van der Waals surface area contributed by atoms with Gasteiger partial charge in [-0.3, -0.25) is 20.2 Å². The minimum Gasteiger partial charge on any atom is -0.436 e. The van der Waals surface area contributed by atoms with Crippen LogP contribution in [0.25, 0.3) is 22.6 Å². The van der Waals surface area contributed by atoms with E-state index in [0.29, 0.717) is 54.7 Å². The van der Waals surface area contributed by atoms with Crippen LogP contribution in [0.4, 0.5) is 17.1 Å². The Morgan fingerprint density at radius 3 is 2.61 bits per heavy atom. The van der Waals surface area contributed by atoms with Crippen molar-refractivity contribution in [2.24, 2.45) is 0 Å². The number of carbonyl (C=O) groups excluding carboxylic acids is 1. The standard InChI is InChI=1S/C27H25N5O5S/c1-16-3-6-20(17(2)13-16)26-29-21-15-19(5-8-24(21)37-26)28-27(38)30-25(33)18-4-7-22(23(14-18)32(34)35)31-9-11-36-12-10-31/h3-8,13-15H,9-12H2,1-2H3,(H2,28,30,33,38). The lowest BCUT2D eigenvalue weighted by Crippen LogP contribution is -2.37. The second-order valence-corrected chi connectivity index (χ2v) is 9.40. The maximum atomic E-state index is 12.8. The van der Waals surface area contributed by atoms with Crippen molar-refractivity contribution in [3.63, 3.8) is 0 Å². The first-order valence-corrected chi connectivity index (χ1v) is 12.4. The van der Waals surface area contributed by atoms with Gasteiger partial charge in [-0.1, -0.05) is 17.7 Å². The van der Waals surface area contributed by atoms with Crippen LogP contribution in [-0.2, 0) is 4.74 Å². The van der Waals surface area contributed by atoms with Gasteiger partial charge in [0.1, 0.15) is 11.2 Å². The fraction of sp³-hybridized carbons (Fsp3) is 0.222. The molecule has 0 saturated carbocycles. The smallest absolute Gasteiger partial charge is 0.293 e. The molecule has 2 N–H and O–H groups in total. The predicted molar refractivity (Wildman–Crippen MR) is 149 cm³/mol. The Bertz CT molecular complexity index is 1560. The van der Waals surface area contributed by atoms with Crippen molar-refractivity contribution in [1.82, 2.24) is 10.3 Å². The van der Waals surface area contributed by atoms with Crippen molar-refractivity contribution in [1.29, 1.82) is 0 Å². The molecule has 194 valence electrons. The molecule has 3 aromatic carbocycles. The molecule has 5 rings (SSSR count). The second kappa shape index (κ2) is 10.6. The summed E-state index contributed by atoms with van der Waals surface area (Å²) in [6, 6.07) is 15.8. The van der Waals surface area contributed by atoms with Gasteiger partial charge in [-0.15, -0.1) is 0 Å². The van der Waals surface area contributed by atoms with Crippen molar-refractivity contribution in [3.05, 3.63) is 81.4 Å². The molecule has 1 aliphatic heterocycles. The molecule has 2 heterocycles. The molecular weight excluding hydrogens is 506 g/mol. The van der Waals surface area contributed by atoms with Crippen LogP contribution in [0.2, 0.25) is 0 Å². The van der Waals surface area contributed by atoms with E-state index in [1.807, 2.05) is 30.9 Å². The van der Waals surface area contributed by atoms with E-state index in [0.717, 1.165) is 16.7 Å². The normalized spacial score (nSPS) is 13.4. The van der Waals surface area contributed by atoms with Crippen LogP contribution in [0.5, 0.6) is 0 Å². The Balaban J connectivity index is 1.29. The van der Waals surface area contributed by atoms with Crippen LogP contribution in [0.3, 0.4) is 0 Å². The number of benzene rings is 3. The number of amides is 1. The number of anilines is 2. The lowest BCUT2D eigenvalue weighted by Gasteiger charge is -2.28. The second-order valence-electron chi connectivity index (χ2n) is 8.99. The van der Waals surface area contributed by atoms with Gasteiger partial charge in [0, 0.05) is 36.0 Å². The summed E-state index contributed by atoms with van der Waals surface area (Å²) in [7, 11) is 0. The monoisotopic (exact) mass is 531 g/mol. The van der Waals surface area contributed by atoms with Gasteiger partial charge in [-0.2, -0.15) is 0 Å². The van der Waals surface area contributed by atoms with Crippen molar-refractivity contribution in [3.8, 4) is 11.5 Å². The van der Waals surface area contributed by atoms with Gasteiger partial charge in [0.15, 0.2) is 10.7 Å². The predicted octanol–water partition coefficient (Wildman–Crippen LogP) is 4.98. The highest BCUT2D eigenvalue weighted by Gasteiger charge is 2.23. The lowest BCUT2D eigenvalue weighted by atomic mass is 10.1. The Kier molecular flexibility index (Phi) is 7.03. The summed E-state index contributed by atoms with van der Waals surface area (Å²) in [6.45, 7) is 6.11. The number of rotatable bonds is 5. The van der Waals surface area contributed by atoms with Gasteiger partial charge in [-0.25, -0.2) is 4.98 Å². The average molecular weight is 532 g/mol. The van der Waals surface area contributed by atoms with E-state index < -0.39 is 10.8 Å². The largest absolute Gasteiger partial charge is 0.436 e. The van der Waals surface area contributed by atoms with Crippen molar-refractivity contribution in [2.45, 2.75) is 13.8 Å². The third-order valence-electron chi connectivity index (χ3n) is 6.27. The lowest BCUT2D eigenvalue weighted by molar-refractivity contribution is -0.384. The van der Waals surface area contributed by atoms with Crippen LogP contribution < -0.4 is 15.5 Å². The quantitative estimate of drug-likeness (QED) is 0.208. The number of fused-ring (bicyclic) bond motifs is 1. The van der Waals surface area contributed by atoms with E-state index in [-0.39, 0.29) is 16.4 Å². The zero-order valence-electron chi connectivity index (χ0n) is 20.8. The number of nitrogens with zero attached hydrogens (tertiary/aromatic N) is 3. The third-order valence-corrected chi connectivity index (χ3v) is 6.48. The maximum absolute atomic E-state index is 12.8. The first-order valence-electron chi connectivity index (χ1n) is 12.0. The number of oxazole rings is 1. The Hall–Kier alpha value is -4.35. The van der Waals surface area contributed by atoms with E-state index in [9.17, 15) is 14.9 Å². The van der Waals surface area contributed by atoms with Crippen molar-refractivity contribution in [2.75, 3.05) is 36.5 Å². The van der Waals surface area contributed by atoms with Crippen LogP contribution in [0, 0.1) is 24.0 Å². The number of nitrogens with one attached hydrogen (secondary N) is 2. The Morgan fingerprint density at radius 1 is 1.08 bits per heavy atom. The summed E-state index contributed by atoms with van der Waals surface area (Å²) in [5.74, 6) is -0.0357. The summed E-state index contributed by atoms with van der Waals surface area (Å²) < 4.78 is 11.3. The fourth-order valence-electron chi connectivity index (χ4n) is 4.39. The van der Waals surface area contributed by atoms with E-state index in [2.05, 4.69) is 21.7 Å². The van der Waals surface area contributed by atoms with Gasteiger partial charge in [0.05, 0.1) is 18.1 Å². The fourth-order valence-corrected chi connectivity index (χ4v) is 4.60. The number of aryl methyl sites for hydroxylation is 2. The summed E-state index contributed by atoms with van der Waals surface area (Å²) in [6.07, 6.45) is 0. The molecule has 1 saturated heterocycles. The zero-order chi connectivity index (χ0) is 26.8. The number of hydrogen-bond acceptors (Lipinski definition) is 8. The molecule has 0 spiro atoms. The number of aromatic nitrogens is 1. The van der Waals surface area contributed by atoms with Crippen LogP contribution in [-0.4, -0.2) is 47.2 Å². The number of carbonyl (C=O) groups is 1. The molecule has 38 heavy (non-hydrogen) atoms. The van der Waals surface area contributed by atoms with Gasteiger partial charge in [0.25, 0.3) is 11.6 Å². The number of thiocarbonyl (C=S) groups is 1. The van der Waals surface area contributed by atoms with Gasteiger partial charge in [-0.05, 0) is 68.0 Å². The topological polar surface area (TPSA) is 123 Å². The molecule has 1 aromatic heterocycles. The highest BCUT2D eigenvalue weighted by molar-refractivity contribution is 7.80. The molecule has 0 bridgehead atoms. The van der Waals surface area contributed by atoms with Crippen LogP contribution in [0.15, 0.2) is 59.0 Å². The molecule has 10 nitrogen and oxygen atoms in total. The van der Waals surface area contributed by atoms with Gasteiger partial charge < -0.3 is 19.4 Å². The molecule has 0 radical (unpaired) electrons. The first kappa shape index (κ1) is 25.3. The Morgan fingerprint density at radius 2 is 1.87 bits per heavy atom. The average Bonchev–Trinajstić information content (AvgIpc) is 3.31. The van der Waals surface area contributed by atoms with Crippen molar-refractivity contribution < 1.29 is 18.9 Å². The number of nitro benzene ring substituents is 1. The SMILES string of the molecule is Cc1ccc(-c2nc3cc(NC(=S)NC(=O)c4ccc(N5CCOCC5)c([N+](=O)[O-])c4)ccc3o2)c(C)c1. The molecule has 4 aromatic rings. The van der Waals surface area contributed by atoms with E-state index in [1.54, 1.807) is 30.3 Å². The van der Waals surface area contributed by atoms with Gasteiger partial charge >= 0.3 is 0 Å². The molecule has 0 aliphatic carbocycles. The molecule has 1 aliphatic rings. The van der Waals surface area contributed by atoms with Crippen LogP contribution in [0.1, 0.15) is 21.5 Å². The molecule has 11 heteroatoms. The maximum Gasteiger partial charge on any atom is 0.293 e. The number of ether oxygens (including phenoxy) is 1. The molecule has 0 unspecified atom stereocenters. The van der Waals surface area contributed by atoms with Crippen LogP contribution >= 0.6 is 12.2 Å². The summed E-state index contributed by atoms with van der Waals surface area (Å²) in [5.41, 5.74) is 5.44. The number of morpholine rings is 1. The van der Waals surface area contributed by atoms with E-state index in [1.165, 1.54) is 6.07 Å². The minimum absolute atomic E-state index is 0.0485. The first-order chi connectivity index (χ1) is 18.3. The summed E-state index contributed by atoms with van der Waals surface area (Å²) in [5, 5.41) is 17.3. The van der Waals surface area contributed by atoms with E-state index >= 15 is 0 Å². The molecule has 0 atom stereocenters.